The van der Waals surface area contributed by atoms with Gasteiger partial charge in [0.1, 0.15) is 23.9 Å². The van der Waals surface area contributed by atoms with E-state index in [1.165, 1.54) is 0 Å². The van der Waals surface area contributed by atoms with Crippen LogP contribution in [0.15, 0.2) is 114 Å². The molecule has 5 aromatic rings. The molecular weight excluding hydrogens is 562 g/mol. The van der Waals surface area contributed by atoms with Crippen LogP contribution in [0.25, 0.3) is 0 Å². The molecule has 5 rings (SSSR count). The molecule has 0 radical (unpaired) electrons. The molecule has 0 saturated heterocycles. The molecule has 0 bridgehead atoms. The topological polar surface area (TPSA) is 105 Å². The highest BCUT2D eigenvalue weighted by Gasteiger charge is 2.16. The third kappa shape index (κ3) is 8.18. The first kappa shape index (κ1) is 29.3. The molecule has 0 aliphatic carbocycles. The molecule has 0 saturated carbocycles. The van der Waals surface area contributed by atoms with Gasteiger partial charge in [-0.2, -0.15) is 5.26 Å². The molecule has 0 aliphatic heterocycles. The smallest absolute Gasteiger partial charge is 0.229 e. The fraction of sp³-hybridized carbons (Fsp3) is 0.147. The summed E-state index contributed by atoms with van der Waals surface area (Å²) in [5.41, 5.74) is 5.73. The minimum absolute atomic E-state index is 0.401. The number of hydrogen-bond donors (Lipinski definition) is 1. The van der Waals surface area contributed by atoms with Gasteiger partial charge in [-0.25, -0.2) is 8.42 Å². The number of nitriles is 1. The first-order chi connectivity index (χ1) is 20.8. The maximum Gasteiger partial charge on any atom is 0.229 e. The molecule has 1 aromatic heterocycles. The van der Waals surface area contributed by atoms with E-state index in [0.717, 1.165) is 34.2 Å². The number of nitrogens with zero attached hydrogens (tertiary/aromatic N) is 2. The molecule has 0 atom stereocenters. The van der Waals surface area contributed by atoms with Crippen molar-refractivity contribution in [2.75, 3.05) is 15.9 Å². The maximum absolute atomic E-state index is 12.0. The second-order valence-electron chi connectivity index (χ2n) is 10.1. The Morgan fingerprint density at radius 2 is 1.58 bits per heavy atom. The quantitative estimate of drug-likeness (QED) is 0.161. The minimum atomic E-state index is -3.45. The Labute approximate surface area is 251 Å². The number of rotatable bonds is 12. The van der Waals surface area contributed by atoms with Gasteiger partial charge in [0.25, 0.3) is 0 Å². The molecule has 0 spiro atoms. The third-order valence-corrected chi connectivity index (χ3v) is 7.29. The van der Waals surface area contributed by atoms with Gasteiger partial charge in [-0.1, -0.05) is 36.4 Å². The molecule has 9 heteroatoms. The molecule has 218 valence electrons. The monoisotopic (exact) mass is 593 g/mol. The first-order valence-electron chi connectivity index (χ1n) is 13.6. The molecule has 0 amide bonds. The Morgan fingerprint density at radius 3 is 2.33 bits per heavy atom. The van der Waals surface area contributed by atoms with Crippen LogP contribution in [0.4, 0.5) is 11.4 Å². The summed E-state index contributed by atoms with van der Waals surface area (Å²) in [6, 6.07) is 32.4. The predicted molar refractivity (Wildman–Crippen MR) is 167 cm³/mol. The van der Waals surface area contributed by atoms with E-state index >= 15 is 0 Å². The predicted octanol–water partition coefficient (Wildman–Crippen LogP) is 7.41. The Kier molecular flexibility index (Phi) is 8.99. The summed E-state index contributed by atoms with van der Waals surface area (Å²) in [6.07, 6.45) is 4.40. The zero-order valence-corrected chi connectivity index (χ0v) is 24.7. The summed E-state index contributed by atoms with van der Waals surface area (Å²) in [7, 11) is -3.45. The number of hydrogen-bond acceptors (Lipinski definition) is 7. The van der Waals surface area contributed by atoms with E-state index in [4.69, 9.17) is 13.9 Å². The second-order valence-corrected chi connectivity index (χ2v) is 11.9. The lowest BCUT2D eigenvalue weighted by molar-refractivity contribution is 0.303. The number of nitrogens with one attached hydrogen (secondary N) is 1. The molecule has 0 fully saturated rings. The average Bonchev–Trinajstić information content (AvgIpc) is 3.51. The van der Waals surface area contributed by atoms with Crippen LogP contribution in [0.3, 0.4) is 0 Å². The Bertz CT molecular complexity index is 1830. The lowest BCUT2D eigenvalue weighted by atomic mass is 10.1. The Morgan fingerprint density at radius 1 is 0.837 bits per heavy atom. The second kappa shape index (κ2) is 13.2. The van der Waals surface area contributed by atoms with Crippen LogP contribution in [0, 0.1) is 18.3 Å². The molecule has 0 aliphatic rings. The van der Waals surface area contributed by atoms with E-state index in [2.05, 4.69) is 15.7 Å². The number of sulfonamides is 1. The fourth-order valence-corrected chi connectivity index (χ4v) is 5.27. The SMILES string of the molecule is Cc1c(NS(C)(=O)=O)cccc1N(Cc1ccc(Oc2cccc(OCc3ccoc3)c2)cc1)Cc1cccc(C#N)c1. The normalized spacial score (nSPS) is 11.0. The highest BCUT2D eigenvalue weighted by Crippen LogP contribution is 2.31. The van der Waals surface area contributed by atoms with Crippen LogP contribution in [0.2, 0.25) is 0 Å². The van der Waals surface area contributed by atoms with Crippen LogP contribution in [0.1, 0.15) is 27.8 Å². The average molecular weight is 594 g/mol. The van der Waals surface area contributed by atoms with Crippen molar-refractivity contribution in [3.8, 4) is 23.3 Å². The van der Waals surface area contributed by atoms with E-state index < -0.39 is 10.0 Å². The van der Waals surface area contributed by atoms with Crippen LogP contribution in [-0.4, -0.2) is 14.7 Å². The summed E-state index contributed by atoms with van der Waals surface area (Å²) in [4.78, 5) is 2.16. The van der Waals surface area contributed by atoms with Crippen LogP contribution in [-0.2, 0) is 29.7 Å². The Hall–Kier alpha value is -5.20. The zero-order chi connectivity index (χ0) is 30.2. The molecule has 0 unspecified atom stereocenters. The lowest BCUT2D eigenvalue weighted by Gasteiger charge is -2.28. The van der Waals surface area contributed by atoms with Crippen molar-refractivity contribution >= 4 is 21.4 Å². The molecule has 1 N–H and O–H groups in total. The number of benzene rings is 4. The van der Waals surface area contributed by atoms with Gasteiger partial charge in [0.05, 0.1) is 36.1 Å². The summed E-state index contributed by atoms with van der Waals surface area (Å²) < 4.78 is 43.6. The summed E-state index contributed by atoms with van der Waals surface area (Å²) in [6.45, 7) is 3.35. The summed E-state index contributed by atoms with van der Waals surface area (Å²) in [5, 5.41) is 9.40. The summed E-state index contributed by atoms with van der Waals surface area (Å²) >= 11 is 0. The lowest BCUT2D eigenvalue weighted by Crippen LogP contribution is -2.23. The summed E-state index contributed by atoms with van der Waals surface area (Å²) in [5.74, 6) is 2.02. The number of anilines is 2. The van der Waals surface area contributed by atoms with Gasteiger partial charge >= 0.3 is 0 Å². The van der Waals surface area contributed by atoms with E-state index in [9.17, 15) is 13.7 Å². The molecule has 43 heavy (non-hydrogen) atoms. The van der Waals surface area contributed by atoms with E-state index in [1.807, 2.05) is 91.9 Å². The van der Waals surface area contributed by atoms with Gasteiger partial charge in [0, 0.05) is 30.4 Å². The highest BCUT2D eigenvalue weighted by atomic mass is 32.2. The van der Waals surface area contributed by atoms with Gasteiger partial charge in [-0.05, 0) is 78.2 Å². The van der Waals surface area contributed by atoms with Gasteiger partial charge in [0.2, 0.25) is 10.0 Å². The largest absolute Gasteiger partial charge is 0.489 e. The van der Waals surface area contributed by atoms with Crippen molar-refractivity contribution < 1.29 is 22.3 Å². The van der Waals surface area contributed by atoms with Crippen molar-refractivity contribution in [1.82, 2.24) is 0 Å². The molecule has 8 nitrogen and oxygen atoms in total. The van der Waals surface area contributed by atoms with E-state index in [1.54, 1.807) is 24.7 Å². The van der Waals surface area contributed by atoms with Crippen molar-refractivity contribution in [2.24, 2.45) is 0 Å². The van der Waals surface area contributed by atoms with Crippen molar-refractivity contribution in [1.29, 1.82) is 5.26 Å². The highest BCUT2D eigenvalue weighted by molar-refractivity contribution is 7.92. The van der Waals surface area contributed by atoms with Crippen molar-refractivity contribution in [3.05, 3.63) is 137 Å². The van der Waals surface area contributed by atoms with Crippen LogP contribution in [0.5, 0.6) is 17.2 Å². The van der Waals surface area contributed by atoms with E-state index in [-0.39, 0.29) is 0 Å². The zero-order valence-electron chi connectivity index (χ0n) is 23.9. The molecule has 1 heterocycles. The Balaban J connectivity index is 1.34. The minimum Gasteiger partial charge on any atom is -0.489 e. The van der Waals surface area contributed by atoms with Crippen LogP contribution < -0.4 is 19.1 Å². The van der Waals surface area contributed by atoms with Gasteiger partial charge in [-0.15, -0.1) is 0 Å². The molecule has 4 aromatic carbocycles. The number of furan rings is 1. The first-order valence-corrected chi connectivity index (χ1v) is 15.5. The van der Waals surface area contributed by atoms with Crippen LogP contribution >= 0.6 is 0 Å². The number of ether oxygens (including phenoxy) is 2. The fourth-order valence-electron chi connectivity index (χ4n) is 4.65. The maximum atomic E-state index is 12.0. The van der Waals surface area contributed by atoms with Crippen molar-refractivity contribution in [3.63, 3.8) is 0 Å². The standard InChI is InChI=1S/C34H31N3O5S/c1-25-33(36-43(2,38)39)10-5-11-34(25)37(22-28-7-3-6-27(18-28)20-35)21-26-12-14-30(15-13-26)42-32-9-4-8-31(19-32)41-24-29-16-17-40-23-29/h3-19,23,36H,21-22,24H2,1-2H3. The van der Waals surface area contributed by atoms with E-state index in [0.29, 0.717) is 48.2 Å². The van der Waals surface area contributed by atoms with Crippen molar-refractivity contribution in [2.45, 2.75) is 26.6 Å². The molecular formula is C34H31N3O5S. The van der Waals surface area contributed by atoms with Gasteiger partial charge in [0.15, 0.2) is 0 Å². The van der Waals surface area contributed by atoms with Gasteiger partial charge in [-0.3, -0.25) is 4.72 Å². The van der Waals surface area contributed by atoms with Gasteiger partial charge < -0.3 is 18.8 Å². The third-order valence-electron chi connectivity index (χ3n) is 6.69.